The predicted octanol–water partition coefficient (Wildman–Crippen LogP) is 3.84. The number of ether oxygens (including phenoxy) is 1. The molecule has 2 aliphatic rings. The summed E-state index contributed by atoms with van der Waals surface area (Å²) in [7, 11) is 0. The van der Waals surface area contributed by atoms with Gasteiger partial charge >= 0.3 is 0 Å². The van der Waals surface area contributed by atoms with Crippen molar-refractivity contribution in [3.63, 3.8) is 0 Å². The maximum absolute atomic E-state index is 6.50. The zero-order chi connectivity index (χ0) is 13.9. The first kappa shape index (κ1) is 14.1. The third kappa shape index (κ3) is 3.07. The molecule has 0 spiro atoms. The largest absolute Gasteiger partial charge is 0.373 e. The Bertz CT molecular complexity index is 437. The van der Waals surface area contributed by atoms with Crippen LogP contribution in [-0.4, -0.2) is 12.6 Å². The summed E-state index contributed by atoms with van der Waals surface area (Å²) in [6.07, 6.45) is 7.54. The monoisotopic (exact) mass is 273 g/mol. The van der Waals surface area contributed by atoms with Crippen LogP contribution in [0.3, 0.4) is 0 Å². The highest BCUT2D eigenvalue weighted by Crippen LogP contribution is 2.35. The van der Waals surface area contributed by atoms with Crippen LogP contribution in [0.5, 0.6) is 0 Å². The molecule has 2 unspecified atom stereocenters. The summed E-state index contributed by atoms with van der Waals surface area (Å²) in [4.78, 5) is 0. The SMILES string of the molecule is CC1CCC(C(N)CC2OCCc3ccccc32)CC1. The third-order valence-corrected chi connectivity index (χ3v) is 5.24. The molecule has 1 aromatic carbocycles. The summed E-state index contributed by atoms with van der Waals surface area (Å²) in [5, 5.41) is 0. The van der Waals surface area contributed by atoms with Crippen molar-refractivity contribution in [2.24, 2.45) is 17.6 Å². The van der Waals surface area contributed by atoms with Crippen molar-refractivity contribution in [1.82, 2.24) is 0 Å². The first-order chi connectivity index (χ1) is 9.74. The molecule has 110 valence electrons. The van der Waals surface area contributed by atoms with Crippen LogP contribution in [0.15, 0.2) is 24.3 Å². The Morgan fingerprint density at radius 1 is 1.20 bits per heavy atom. The normalized spacial score (nSPS) is 31.6. The van der Waals surface area contributed by atoms with Crippen molar-refractivity contribution in [1.29, 1.82) is 0 Å². The van der Waals surface area contributed by atoms with Crippen molar-refractivity contribution in [3.8, 4) is 0 Å². The predicted molar refractivity (Wildman–Crippen MR) is 82.6 cm³/mol. The molecule has 2 nitrogen and oxygen atoms in total. The van der Waals surface area contributed by atoms with E-state index in [4.69, 9.17) is 10.5 Å². The molecule has 1 heterocycles. The van der Waals surface area contributed by atoms with Gasteiger partial charge in [-0.1, -0.05) is 44.0 Å². The molecule has 0 radical (unpaired) electrons. The van der Waals surface area contributed by atoms with E-state index in [1.54, 1.807) is 0 Å². The summed E-state index contributed by atoms with van der Waals surface area (Å²) in [5.41, 5.74) is 9.33. The van der Waals surface area contributed by atoms with Crippen molar-refractivity contribution in [2.75, 3.05) is 6.61 Å². The van der Waals surface area contributed by atoms with Crippen LogP contribution in [0.25, 0.3) is 0 Å². The van der Waals surface area contributed by atoms with Crippen LogP contribution in [0.1, 0.15) is 56.3 Å². The Hall–Kier alpha value is -0.860. The molecule has 1 aliphatic heterocycles. The number of fused-ring (bicyclic) bond motifs is 1. The second-order valence-electron chi connectivity index (χ2n) is 6.73. The van der Waals surface area contributed by atoms with Crippen LogP contribution in [0, 0.1) is 11.8 Å². The van der Waals surface area contributed by atoms with Crippen LogP contribution in [0.2, 0.25) is 0 Å². The molecule has 0 amide bonds. The molecule has 1 aliphatic carbocycles. The Labute approximate surface area is 122 Å². The molecule has 1 aromatic rings. The van der Waals surface area contributed by atoms with Gasteiger partial charge in [0.2, 0.25) is 0 Å². The van der Waals surface area contributed by atoms with E-state index in [0.29, 0.717) is 12.0 Å². The lowest BCUT2D eigenvalue weighted by Crippen LogP contribution is -2.35. The number of hydrogen-bond acceptors (Lipinski definition) is 2. The molecular formula is C18H27NO. The maximum atomic E-state index is 6.50. The molecule has 2 atom stereocenters. The number of hydrogen-bond donors (Lipinski definition) is 1. The van der Waals surface area contributed by atoms with E-state index in [2.05, 4.69) is 31.2 Å². The third-order valence-electron chi connectivity index (χ3n) is 5.24. The minimum absolute atomic E-state index is 0.217. The standard InChI is InChI=1S/C18H27NO/c1-13-6-8-15(9-7-13)17(19)12-18-16-5-3-2-4-14(16)10-11-20-18/h2-5,13,15,17-18H,6-12,19H2,1H3. The first-order valence-electron chi connectivity index (χ1n) is 8.19. The smallest absolute Gasteiger partial charge is 0.0842 e. The van der Waals surface area contributed by atoms with Gasteiger partial charge in [-0.15, -0.1) is 0 Å². The van der Waals surface area contributed by atoms with Gasteiger partial charge in [0.1, 0.15) is 0 Å². The summed E-state index contributed by atoms with van der Waals surface area (Å²) in [5.74, 6) is 1.59. The van der Waals surface area contributed by atoms with Gasteiger partial charge in [-0.05, 0) is 48.6 Å². The fourth-order valence-corrected chi connectivity index (χ4v) is 3.83. The molecule has 1 saturated carbocycles. The summed E-state index contributed by atoms with van der Waals surface area (Å²) in [6, 6.07) is 8.99. The Morgan fingerprint density at radius 2 is 1.95 bits per heavy atom. The highest BCUT2D eigenvalue weighted by Gasteiger charge is 2.28. The molecule has 2 heteroatoms. The van der Waals surface area contributed by atoms with E-state index in [1.807, 2.05) is 0 Å². The average molecular weight is 273 g/mol. The lowest BCUT2D eigenvalue weighted by Gasteiger charge is -2.34. The van der Waals surface area contributed by atoms with Crippen LogP contribution in [0.4, 0.5) is 0 Å². The highest BCUT2D eigenvalue weighted by molar-refractivity contribution is 5.31. The molecule has 0 saturated heterocycles. The van der Waals surface area contributed by atoms with Crippen LogP contribution >= 0.6 is 0 Å². The molecule has 20 heavy (non-hydrogen) atoms. The van der Waals surface area contributed by atoms with E-state index < -0.39 is 0 Å². The summed E-state index contributed by atoms with van der Waals surface area (Å²) in [6.45, 7) is 3.21. The van der Waals surface area contributed by atoms with Gasteiger partial charge in [0, 0.05) is 6.04 Å². The van der Waals surface area contributed by atoms with E-state index in [-0.39, 0.29) is 6.10 Å². The lowest BCUT2D eigenvalue weighted by molar-refractivity contribution is 0.0257. The van der Waals surface area contributed by atoms with E-state index in [1.165, 1.54) is 36.8 Å². The minimum Gasteiger partial charge on any atom is -0.373 e. The lowest BCUT2D eigenvalue weighted by atomic mass is 9.77. The molecular weight excluding hydrogens is 246 g/mol. The van der Waals surface area contributed by atoms with Crippen molar-refractivity contribution >= 4 is 0 Å². The van der Waals surface area contributed by atoms with Gasteiger partial charge in [-0.3, -0.25) is 0 Å². The van der Waals surface area contributed by atoms with Gasteiger partial charge in [0.25, 0.3) is 0 Å². The molecule has 2 N–H and O–H groups in total. The van der Waals surface area contributed by atoms with Gasteiger partial charge in [0.05, 0.1) is 12.7 Å². The van der Waals surface area contributed by atoms with Crippen molar-refractivity contribution in [3.05, 3.63) is 35.4 Å². The second kappa shape index (κ2) is 6.28. The molecule has 1 fully saturated rings. The first-order valence-corrected chi connectivity index (χ1v) is 8.19. The summed E-state index contributed by atoms with van der Waals surface area (Å²) < 4.78 is 6.01. The van der Waals surface area contributed by atoms with Crippen molar-refractivity contribution in [2.45, 2.75) is 57.6 Å². The van der Waals surface area contributed by atoms with E-state index >= 15 is 0 Å². The fraction of sp³-hybridized carbons (Fsp3) is 0.667. The van der Waals surface area contributed by atoms with Gasteiger partial charge in [-0.25, -0.2) is 0 Å². The quantitative estimate of drug-likeness (QED) is 0.908. The minimum atomic E-state index is 0.217. The zero-order valence-corrected chi connectivity index (χ0v) is 12.6. The Balaban J connectivity index is 1.63. The number of benzene rings is 1. The topological polar surface area (TPSA) is 35.2 Å². The van der Waals surface area contributed by atoms with Crippen molar-refractivity contribution < 1.29 is 4.74 Å². The zero-order valence-electron chi connectivity index (χ0n) is 12.6. The molecule has 3 rings (SSSR count). The summed E-state index contributed by atoms with van der Waals surface area (Å²) >= 11 is 0. The van der Waals surface area contributed by atoms with Gasteiger partial charge < -0.3 is 10.5 Å². The molecule has 0 aromatic heterocycles. The van der Waals surface area contributed by atoms with Crippen LogP contribution in [-0.2, 0) is 11.2 Å². The van der Waals surface area contributed by atoms with Gasteiger partial charge in [0.15, 0.2) is 0 Å². The fourth-order valence-electron chi connectivity index (χ4n) is 3.83. The Kier molecular flexibility index (Phi) is 4.42. The highest BCUT2D eigenvalue weighted by atomic mass is 16.5. The number of nitrogens with two attached hydrogens (primary N) is 1. The molecule has 0 bridgehead atoms. The van der Waals surface area contributed by atoms with Crippen LogP contribution < -0.4 is 5.73 Å². The van der Waals surface area contributed by atoms with E-state index in [9.17, 15) is 0 Å². The Morgan fingerprint density at radius 3 is 2.75 bits per heavy atom. The number of rotatable bonds is 3. The average Bonchev–Trinajstić information content (AvgIpc) is 2.48. The van der Waals surface area contributed by atoms with E-state index in [0.717, 1.165) is 25.4 Å². The van der Waals surface area contributed by atoms with Gasteiger partial charge in [-0.2, -0.15) is 0 Å². The maximum Gasteiger partial charge on any atom is 0.0842 e. The second-order valence-corrected chi connectivity index (χ2v) is 6.73.